The number of likely N-dealkylation sites (tertiary alicyclic amines) is 1. The monoisotopic (exact) mass is 198 g/mol. The Balaban J connectivity index is 2.32. The zero-order chi connectivity index (χ0) is 10.7. The molecule has 2 nitrogen and oxygen atoms in total. The van der Waals surface area contributed by atoms with Crippen molar-refractivity contribution in [2.75, 3.05) is 20.1 Å². The van der Waals surface area contributed by atoms with E-state index in [0.717, 1.165) is 12.1 Å². The number of likely N-dealkylation sites (N-methyl/N-ethyl adjacent to an activating group) is 1. The maximum atomic E-state index is 2.65. The second-order valence-corrected chi connectivity index (χ2v) is 4.97. The quantitative estimate of drug-likeness (QED) is 0.668. The Hall–Kier alpha value is -0.0800. The Morgan fingerprint density at radius 3 is 2.36 bits per heavy atom. The van der Waals surface area contributed by atoms with Crippen LogP contribution in [0.5, 0.6) is 0 Å². The molecule has 1 fully saturated rings. The van der Waals surface area contributed by atoms with E-state index in [-0.39, 0.29) is 0 Å². The number of hydrogen-bond donors (Lipinski definition) is 0. The molecule has 0 aromatic rings. The fourth-order valence-electron chi connectivity index (χ4n) is 2.01. The molecule has 0 spiro atoms. The summed E-state index contributed by atoms with van der Waals surface area (Å²) in [6.07, 6.45) is 2.67. The van der Waals surface area contributed by atoms with Gasteiger partial charge in [0.1, 0.15) is 0 Å². The molecule has 1 aliphatic rings. The zero-order valence-electron chi connectivity index (χ0n) is 10.5. The molecule has 1 heterocycles. The summed E-state index contributed by atoms with van der Waals surface area (Å²) in [5, 5.41) is 0. The molecule has 0 radical (unpaired) electrons. The minimum absolute atomic E-state index is 0.675. The molecule has 84 valence electrons. The van der Waals surface area contributed by atoms with Gasteiger partial charge in [-0.1, -0.05) is 6.92 Å². The maximum absolute atomic E-state index is 2.65. The lowest BCUT2D eigenvalue weighted by atomic mass is 9.98. The van der Waals surface area contributed by atoms with Crippen LogP contribution >= 0.6 is 0 Å². The van der Waals surface area contributed by atoms with Crippen molar-refractivity contribution < 1.29 is 0 Å². The normalized spacial score (nSPS) is 25.5. The van der Waals surface area contributed by atoms with Crippen molar-refractivity contribution in [3.05, 3.63) is 0 Å². The molecule has 2 unspecified atom stereocenters. The smallest absolute Gasteiger partial charge is 0.0238 e. The van der Waals surface area contributed by atoms with Gasteiger partial charge in [-0.15, -0.1) is 0 Å². The van der Waals surface area contributed by atoms with Crippen LogP contribution in [0.15, 0.2) is 0 Å². The van der Waals surface area contributed by atoms with E-state index in [1.807, 2.05) is 0 Å². The van der Waals surface area contributed by atoms with Crippen molar-refractivity contribution in [2.45, 2.75) is 58.7 Å². The topological polar surface area (TPSA) is 6.48 Å². The van der Waals surface area contributed by atoms with Gasteiger partial charge < -0.3 is 4.90 Å². The molecular formula is C12H26N2. The average Bonchev–Trinajstić information content (AvgIpc) is 2.11. The van der Waals surface area contributed by atoms with Gasteiger partial charge >= 0.3 is 0 Å². The van der Waals surface area contributed by atoms with Crippen molar-refractivity contribution >= 4 is 0 Å². The summed E-state index contributed by atoms with van der Waals surface area (Å²) in [4.78, 5) is 5.11. The summed E-state index contributed by atoms with van der Waals surface area (Å²) in [7, 11) is 2.23. The van der Waals surface area contributed by atoms with Crippen molar-refractivity contribution in [3.8, 4) is 0 Å². The van der Waals surface area contributed by atoms with Crippen LogP contribution in [-0.4, -0.2) is 48.1 Å². The maximum Gasteiger partial charge on any atom is 0.0238 e. The van der Waals surface area contributed by atoms with Crippen molar-refractivity contribution in [3.63, 3.8) is 0 Å². The number of nitrogens with zero attached hydrogens (tertiary/aromatic N) is 2. The first-order chi connectivity index (χ1) is 6.56. The fourth-order valence-corrected chi connectivity index (χ4v) is 2.01. The molecule has 14 heavy (non-hydrogen) atoms. The van der Waals surface area contributed by atoms with Gasteiger partial charge in [0.25, 0.3) is 0 Å². The van der Waals surface area contributed by atoms with Crippen LogP contribution in [0.25, 0.3) is 0 Å². The predicted octanol–water partition coefficient (Wildman–Crippen LogP) is 2.20. The van der Waals surface area contributed by atoms with Crippen LogP contribution in [0, 0.1) is 0 Å². The van der Waals surface area contributed by atoms with Crippen molar-refractivity contribution in [1.29, 1.82) is 0 Å². The SMILES string of the molecule is CCC(C)N1CCC1CN(C)C(C)C. The molecule has 0 aliphatic carbocycles. The Kier molecular flexibility index (Phi) is 4.39. The zero-order valence-corrected chi connectivity index (χ0v) is 10.5. The molecular weight excluding hydrogens is 172 g/mol. The highest BCUT2D eigenvalue weighted by Gasteiger charge is 2.31. The summed E-state index contributed by atoms with van der Waals surface area (Å²) in [5.74, 6) is 0. The third-order valence-electron chi connectivity index (χ3n) is 3.73. The molecule has 2 atom stereocenters. The Bertz CT molecular complexity index is 168. The minimum Gasteiger partial charge on any atom is -0.302 e. The van der Waals surface area contributed by atoms with Gasteiger partial charge in [-0.25, -0.2) is 0 Å². The van der Waals surface area contributed by atoms with Gasteiger partial charge in [-0.2, -0.15) is 0 Å². The first-order valence-corrected chi connectivity index (χ1v) is 6.02. The summed E-state index contributed by atoms with van der Waals surface area (Å²) in [5.41, 5.74) is 0. The van der Waals surface area contributed by atoms with Gasteiger partial charge in [0, 0.05) is 31.2 Å². The van der Waals surface area contributed by atoms with E-state index in [4.69, 9.17) is 0 Å². The number of rotatable bonds is 5. The van der Waals surface area contributed by atoms with E-state index in [2.05, 4.69) is 44.5 Å². The standard InChI is InChI=1S/C12H26N2/c1-6-11(4)14-8-7-12(14)9-13(5)10(2)3/h10-12H,6-9H2,1-5H3. The first-order valence-electron chi connectivity index (χ1n) is 6.02. The predicted molar refractivity (Wildman–Crippen MR) is 62.6 cm³/mol. The molecule has 1 rings (SSSR count). The van der Waals surface area contributed by atoms with Gasteiger partial charge in [0.15, 0.2) is 0 Å². The summed E-state index contributed by atoms with van der Waals surface area (Å²) >= 11 is 0. The molecule has 2 heteroatoms. The fraction of sp³-hybridized carbons (Fsp3) is 1.00. The summed E-state index contributed by atoms with van der Waals surface area (Å²) < 4.78 is 0. The van der Waals surface area contributed by atoms with Crippen LogP contribution in [0.3, 0.4) is 0 Å². The lowest BCUT2D eigenvalue weighted by molar-refractivity contribution is 0.0218. The highest BCUT2D eigenvalue weighted by atomic mass is 15.3. The largest absolute Gasteiger partial charge is 0.302 e. The summed E-state index contributed by atoms with van der Waals surface area (Å²) in [6, 6.07) is 2.26. The molecule has 0 aromatic carbocycles. The number of hydrogen-bond acceptors (Lipinski definition) is 2. The van der Waals surface area contributed by atoms with Crippen LogP contribution in [0.1, 0.15) is 40.5 Å². The average molecular weight is 198 g/mol. The van der Waals surface area contributed by atoms with Crippen LogP contribution in [-0.2, 0) is 0 Å². The molecule has 0 N–H and O–H groups in total. The van der Waals surface area contributed by atoms with E-state index >= 15 is 0 Å². The highest BCUT2D eigenvalue weighted by Crippen LogP contribution is 2.22. The van der Waals surface area contributed by atoms with E-state index in [9.17, 15) is 0 Å². The Morgan fingerprint density at radius 2 is 2.00 bits per heavy atom. The van der Waals surface area contributed by atoms with Crippen LogP contribution < -0.4 is 0 Å². The van der Waals surface area contributed by atoms with Crippen LogP contribution in [0.4, 0.5) is 0 Å². The van der Waals surface area contributed by atoms with Crippen molar-refractivity contribution in [2.24, 2.45) is 0 Å². The van der Waals surface area contributed by atoms with E-state index in [1.165, 1.54) is 25.9 Å². The minimum atomic E-state index is 0.675. The van der Waals surface area contributed by atoms with Gasteiger partial charge in [-0.3, -0.25) is 4.90 Å². The van der Waals surface area contributed by atoms with Gasteiger partial charge in [0.2, 0.25) is 0 Å². The molecule has 1 aliphatic heterocycles. The second-order valence-electron chi connectivity index (χ2n) is 4.97. The van der Waals surface area contributed by atoms with E-state index in [1.54, 1.807) is 0 Å². The molecule has 0 bridgehead atoms. The van der Waals surface area contributed by atoms with Crippen molar-refractivity contribution in [1.82, 2.24) is 9.80 Å². The van der Waals surface area contributed by atoms with E-state index < -0.39 is 0 Å². The third-order valence-corrected chi connectivity index (χ3v) is 3.73. The molecule has 0 amide bonds. The summed E-state index contributed by atoms with van der Waals surface area (Å²) in [6.45, 7) is 11.7. The lowest BCUT2D eigenvalue weighted by Crippen LogP contribution is -2.56. The third kappa shape index (κ3) is 2.71. The van der Waals surface area contributed by atoms with Gasteiger partial charge in [0.05, 0.1) is 0 Å². The lowest BCUT2D eigenvalue weighted by Gasteiger charge is -2.46. The molecule has 0 saturated carbocycles. The second kappa shape index (κ2) is 5.13. The molecule has 1 saturated heterocycles. The Morgan fingerprint density at radius 1 is 1.36 bits per heavy atom. The Labute approximate surface area is 89.3 Å². The molecule has 0 aromatic heterocycles. The highest BCUT2D eigenvalue weighted by molar-refractivity contribution is 4.88. The van der Waals surface area contributed by atoms with Crippen LogP contribution in [0.2, 0.25) is 0 Å². The van der Waals surface area contributed by atoms with E-state index in [0.29, 0.717) is 6.04 Å². The van der Waals surface area contributed by atoms with Gasteiger partial charge in [-0.05, 0) is 40.7 Å². The first kappa shape index (κ1) is 12.0.